The maximum Gasteiger partial charge on any atom is 0.124 e. The van der Waals surface area contributed by atoms with E-state index in [2.05, 4.69) is 34.7 Å². The number of hydrogen-bond donors (Lipinski definition) is 1. The smallest absolute Gasteiger partial charge is 0.124 e. The van der Waals surface area contributed by atoms with Crippen LogP contribution in [0.3, 0.4) is 0 Å². The first-order valence-corrected chi connectivity index (χ1v) is 7.96. The van der Waals surface area contributed by atoms with Gasteiger partial charge in [0.05, 0.1) is 0 Å². The SMILES string of the molecule is OC(c1cccc(C2CCC2)c1)c1ccc(F)cc1I. The lowest BCUT2D eigenvalue weighted by Crippen LogP contribution is -2.10. The number of aliphatic hydroxyl groups is 1. The number of aliphatic hydroxyl groups excluding tert-OH is 1. The van der Waals surface area contributed by atoms with Gasteiger partial charge < -0.3 is 5.11 Å². The molecule has 0 aliphatic heterocycles. The normalized spacial score (nSPS) is 16.8. The molecular weight excluding hydrogens is 366 g/mol. The molecule has 0 aromatic heterocycles. The fourth-order valence-corrected chi connectivity index (χ4v) is 3.40. The van der Waals surface area contributed by atoms with Crippen LogP contribution in [0.15, 0.2) is 42.5 Å². The average Bonchev–Trinajstić information content (AvgIpc) is 2.36. The second-order valence-corrected chi connectivity index (χ2v) is 6.53. The lowest BCUT2D eigenvalue weighted by molar-refractivity contribution is 0.219. The highest BCUT2D eigenvalue weighted by Crippen LogP contribution is 2.37. The second-order valence-electron chi connectivity index (χ2n) is 5.37. The largest absolute Gasteiger partial charge is 0.384 e. The Morgan fingerprint density at radius 3 is 2.60 bits per heavy atom. The van der Waals surface area contributed by atoms with Crippen LogP contribution in [0, 0.1) is 9.39 Å². The summed E-state index contributed by atoms with van der Waals surface area (Å²) in [4.78, 5) is 0. The fourth-order valence-electron chi connectivity index (χ4n) is 2.63. The van der Waals surface area contributed by atoms with Crippen LogP contribution in [0.2, 0.25) is 0 Å². The highest BCUT2D eigenvalue weighted by molar-refractivity contribution is 14.1. The maximum atomic E-state index is 13.2. The monoisotopic (exact) mass is 382 g/mol. The van der Waals surface area contributed by atoms with E-state index in [1.807, 2.05) is 12.1 Å². The first-order chi connectivity index (χ1) is 9.65. The molecule has 3 rings (SSSR count). The first-order valence-electron chi connectivity index (χ1n) is 6.88. The van der Waals surface area contributed by atoms with E-state index < -0.39 is 6.10 Å². The summed E-state index contributed by atoms with van der Waals surface area (Å²) in [5, 5.41) is 10.5. The molecule has 0 heterocycles. The summed E-state index contributed by atoms with van der Waals surface area (Å²) in [6, 6.07) is 12.7. The van der Waals surface area contributed by atoms with Gasteiger partial charge in [0.2, 0.25) is 0 Å². The Bertz CT molecular complexity index is 622. The van der Waals surface area contributed by atoms with Gasteiger partial charge >= 0.3 is 0 Å². The summed E-state index contributed by atoms with van der Waals surface area (Å²) >= 11 is 2.07. The molecule has 1 aliphatic rings. The van der Waals surface area contributed by atoms with Crippen molar-refractivity contribution in [1.82, 2.24) is 0 Å². The Morgan fingerprint density at radius 1 is 1.15 bits per heavy atom. The predicted molar refractivity (Wildman–Crippen MR) is 86.2 cm³/mol. The third-order valence-corrected chi connectivity index (χ3v) is 4.99. The molecule has 1 atom stereocenters. The lowest BCUT2D eigenvalue weighted by Gasteiger charge is -2.26. The molecule has 1 nitrogen and oxygen atoms in total. The van der Waals surface area contributed by atoms with Crippen molar-refractivity contribution in [3.05, 3.63) is 68.5 Å². The van der Waals surface area contributed by atoms with Gasteiger partial charge in [0.1, 0.15) is 11.9 Å². The van der Waals surface area contributed by atoms with Crippen LogP contribution < -0.4 is 0 Å². The third-order valence-electron chi connectivity index (χ3n) is 4.06. The van der Waals surface area contributed by atoms with Crippen molar-refractivity contribution >= 4 is 22.6 Å². The summed E-state index contributed by atoms with van der Waals surface area (Å²) < 4.78 is 13.9. The second kappa shape index (κ2) is 5.82. The zero-order valence-corrected chi connectivity index (χ0v) is 13.2. The van der Waals surface area contributed by atoms with E-state index in [1.54, 1.807) is 6.07 Å². The van der Waals surface area contributed by atoms with E-state index in [1.165, 1.54) is 37.0 Å². The summed E-state index contributed by atoms with van der Waals surface area (Å²) in [5.41, 5.74) is 2.96. The maximum absolute atomic E-state index is 13.2. The van der Waals surface area contributed by atoms with Gasteiger partial charge in [0, 0.05) is 3.57 Å². The fraction of sp³-hybridized carbons (Fsp3) is 0.294. The molecule has 0 bridgehead atoms. The Labute approximate surface area is 132 Å². The van der Waals surface area contributed by atoms with Gasteiger partial charge in [-0.25, -0.2) is 4.39 Å². The molecule has 1 N–H and O–H groups in total. The summed E-state index contributed by atoms with van der Waals surface area (Å²) in [5.74, 6) is 0.378. The van der Waals surface area contributed by atoms with Gasteiger partial charge in [0.15, 0.2) is 0 Å². The average molecular weight is 382 g/mol. The number of rotatable bonds is 3. The minimum absolute atomic E-state index is 0.270. The molecule has 0 radical (unpaired) electrons. The van der Waals surface area contributed by atoms with Crippen LogP contribution in [0.4, 0.5) is 4.39 Å². The molecule has 2 aromatic carbocycles. The molecule has 0 saturated heterocycles. The van der Waals surface area contributed by atoms with Gasteiger partial charge in [0.25, 0.3) is 0 Å². The molecule has 1 saturated carbocycles. The number of hydrogen-bond acceptors (Lipinski definition) is 1. The Balaban J connectivity index is 1.91. The highest BCUT2D eigenvalue weighted by atomic mass is 127. The van der Waals surface area contributed by atoms with Gasteiger partial charge in [-0.15, -0.1) is 0 Å². The zero-order chi connectivity index (χ0) is 14.1. The minimum atomic E-state index is -0.692. The van der Waals surface area contributed by atoms with E-state index in [0.717, 1.165) is 14.7 Å². The first kappa shape index (κ1) is 14.0. The number of halogens is 2. The van der Waals surface area contributed by atoms with E-state index in [4.69, 9.17) is 0 Å². The topological polar surface area (TPSA) is 20.2 Å². The van der Waals surface area contributed by atoms with Crippen molar-refractivity contribution in [2.45, 2.75) is 31.3 Å². The van der Waals surface area contributed by atoms with Crippen molar-refractivity contribution in [3.8, 4) is 0 Å². The van der Waals surface area contributed by atoms with Gasteiger partial charge in [-0.2, -0.15) is 0 Å². The van der Waals surface area contributed by atoms with E-state index >= 15 is 0 Å². The van der Waals surface area contributed by atoms with Crippen molar-refractivity contribution < 1.29 is 9.50 Å². The van der Waals surface area contributed by atoms with Crippen LogP contribution in [0.5, 0.6) is 0 Å². The molecule has 20 heavy (non-hydrogen) atoms. The van der Waals surface area contributed by atoms with E-state index in [9.17, 15) is 9.50 Å². The van der Waals surface area contributed by atoms with E-state index in [-0.39, 0.29) is 5.82 Å². The molecule has 0 amide bonds. The standard InChI is InChI=1S/C17H16FIO/c18-14-7-8-15(16(19)10-14)17(20)13-6-2-5-12(9-13)11-3-1-4-11/h2,5-11,17,20H,1,3-4H2. The van der Waals surface area contributed by atoms with Crippen LogP contribution in [-0.2, 0) is 0 Å². The molecule has 0 spiro atoms. The quantitative estimate of drug-likeness (QED) is 0.758. The highest BCUT2D eigenvalue weighted by Gasteiger charge is 2.21. The molecule has 1 unspecified atom stereocenters. The summed E-state index contributed by atoms with van der Waals surface area (Å²) in [6.45, 7) is 0. The van der Waals surface area contributed by atoms with Crippen molar-refractivity contribution in [3.63, 3.8) is 0 Å². The Kier molecular flexibility index (Phi) is 4.08. The number of benzene rings is 2. The molecule has 1 aliphatic carbocycles. The molecule has 3 heteroatoms. The molecule has 1 fully saturated rings. The summed E-state index contributed by atoms with van der Waals surface area (Å²) in [6.07, 6.45) is 3.09. The van der Waals surface area contributed by atoms with Crippen molar-refractivity contribution in [2.75, 3.05) is 0 Å². The third kappa shape index (κ3) is 2.74. The van der Waals surface area contributed by atoms with Crippen LogP contribution in [0.25, 0.3) is 0 Å². The van der Waals surface area contributed by atoms with Crippen molar-refractivity contribution in [2.24, 2.45) is 0 Å². The Hall–Kier alpha value is -0.940. The predicted octanol–water partition coefficient (Wildman–Crippen LogP) is 4.78. The molecular formula is C17H16FIO. The Morgan fingerprint density at radius 2 is 1.95 bits per heavy atom. The molecule has 104 valence electrons. The van der Waals surface area contributed by atoms with Crippen molar-refractivity contribution in [1.29, 1.82) is 0 Å². The van der Waals surface area contributed by atoms with E-state index in [0.29, 0.717) is 5.92 Å². The van der Waals surface area contributed by atoms with Gasteiger partial charge in [-0.3, -0.25) is 0 Å². The van der Waals surface area contributed by atoms with Gasteiger partial charge in [-0.1, -0.05) is 36.8 Å². The summed E-state index contributed by atoms with van der Waals surface area (Å²) in [7, 11) is 0. The van der Waals surface area contributed by atoms with Crippen LogP contribution in [0.1, 0.15) is 48.0 Å². The van der Waals surface area contributed by atoms with Crippen LogP contribution >= 0.6 is 22.6 Å². The van der Waals surface area contributed by atoms with Crippen LogP contribution in [-0.4, -0.2) is 5.11 Å². The molecule has 2 aromatic rings. The lowest BCUT2D eigenvalue weighted by atomic mass is 9.79. The van der Waals surface area contributed by atoms with Gasteiger partial charge in [-0.05, 0) is 70.2 Å². The zero-order valence-electron chi connectivity index (χ0n) is 11.0. The minimum Gasteiger partial charge on any atom is -0.384 e.